The predicted octanol–water partition coefficient (Wildman–Crippen LogP) is 2.00. The molecule has 0 aliphatic carbocycles. The van der Waals surface area contributed by atoms with Crippen molar-refractivity contribution in [2.45, 2.75) is 32.4 Å². The molecule has 0 unspecified atom stereocenters. The molecule has 1 heterocycles. The van der Waals surface area contributed by atoms with Gasteiger partial charge in [0.2, 0.25) is 5.91 Å². The zero-order valence-electron chi connectivity index (χ0n) is 9.27. The molecule has 2 atom stereocenters. The maximum absolute atomic E-state index is 13.1. The number of rotatable bonds is 0. The minimum Gasteiger partial charge on any atom is -0.388 e. The summed E-state index contributed by atoms with van der Waals surface area (Å²) in [4.78, 5) is 13.1. The summed E-state index contributed by atoms with van der Waals surface area (Å²) in [6, 6.07) is 4.08. The van der Waals surface area contributed by atoms with Gasteiger partial charge in [-0.05, 0) is 31.5 Å². The second-order valence-corrected chi connectivity index (χ2v) is 4.19. The Bertz CT molecular complexity index is 433. The number of anilines is 1. The van der Waals surface area contributed by atoms with E-state index in [1.54, 1.807) is 11.0 Å². The van der Waals surface area contributed by atoms with E-state index in [-0.39, 0.29) is 11.9 Å². The summed E-state index contributed by atoms with van der Waals surface area (Å²) in [5.74, 6) is -0.483. The van der Waals surface area contributed by atoms with Crippen molar-refractivity contribution in [1.82, 2.24) is 0 Å². The van der Waals surface area contributed by atoms with Crippen LogP contribution in [0.2, 0.25) is 0 Å². The Hall–Kier alpha value is -1.42. The van der Waals surface area contributed by atoms with Crippen molar-refractivity contribution in [3.05, 3.63) is 29.6 Å². The van der Waals surface area contributed by atoms with Gasteiger partial charge in [-0.25, -0.2) is 4.39 Å². The molecule has 1 aliphatic rings. The maximum atomic E-state index is 13.1. The Balaban J connectivity index is 2.54. The van der Waals surface area contributed by atoms with Gasteiger partial charge in [0.15, 0.2) is 0 Å². The number of nitrogens with zero attached hydrogens (tertiary/aromatic N) is 1. The number of fused-ring (bicyclic) bond motifs is 1. The largest absolute Gasteiger partial charge is 0.388 e. The van der Waals surface area contributed by atoms with Gasteiger partial charge in [-0.1, -0.05) is 0 Å². The molecule has 1 aromatic rings. The molecule has 0 radical (unpaired) electrons. The topological polar surface area (TPSA) is 40.5 Å². The molecule has 0 bridgehead atoms. The van der Waals surface area contributed by atoms with Crippen LogP contribution in [0.15, 0.2) is 18.2 Å². The molecule has 4 heteroatoms. The smallest absolute Gasteiger partial charge is 0.224 e. The van der Waals surface area contributed by atoms with Crippen molar-refractivity contribution in [2.24, 2.45) is 0 Å². The van der Waals surface area contributed by atoms with E-state index in [2.05, 4.69) is 0 Å². The van der Waals surface area contributed by atoms with E-state index in [0.29, 0.717) is 17.7 Å². The number of carbonyl (C=O) groups is 1. The van der Waals surface area contributed by atoms with Crippen LogP contribution in [0.5, 0.6) is 0 Å². The van der Waals surface area contributed by atoms with E-state index in [1.165, 1.54) is 19.1 Å². The van der Waals surface area contributed by atoms with Crippen molar-refractivity contribution < 1.29 is 14.3 Å². The highest BCUT2D eigenvalue weighted by molar-refractivity contribution is 5.93. The Morgan fingerprint density at radius 3 is 2.88 bits per heavy atom. The molecule has 0 aromatic heterocycles. The summed E-state index contributed by atoms with van der Waals surface area (Å²) in [5, 5.41) is 9.85. The maximum Gasteiger partial charge on any atom is 0.224 e. The second-order valence-electron chi connectivity index (χ2n) is 4.19. The van der Waals surface area contributed by atoms with E-state index < -0.39 is 11.9 Å². The molecule has 1 N–H and O–H groups in total. The van der Waals surface area contributed by atoms with Crippen molar-refractivity contribution in [1.29, 1.82) is 0 Å². The molecule has 0 saturated heterocycles. The molecule has 0 fully saturated rings. The monoisotopic (exact) mass is 223 g/mol. The van der Waals surface area contributed by atoms with Gasteiger partial charge in [-0.15, -0.1) is 0 Å². The Morgan fingerprint density at radius 2 is 2.25 bits per heavy atom. The third kappa shape index (κ3) is 1.69. The molecule has 2 rings (SSSR count). The second kappa shape index (κ2) is 3.87. The number of benzene rings is 1. The molecule has 1 amide bonds. The lowest BCUT2D eigenvalue weighted by Gasteiger charge is -2.37. The van der Waals surface area contributed by atoms with E-state index in [4.69, 9.17) is 0 Å². The number of hydrogen-bond acceptors (Lipinski definition) is 2. The first kappa shape index (κ1) is 11.1. The third-order valence-electron chi connectivity index (χ3n) is 2.95. The van der Waals surface area contributed by atoms with Crippen LogP contribution in [-0.2, 0) is 4.79 Å². The van der Waals surface area contributed by atoms with Gasteiger partial charge >= 0.3 is 0 Å². The minimum atomic E-state index is -0.698. The van der Waals surface area contributed by atoms with Crippen LogP contribution in [0.1, 0.15) is 31.9 Å². The van der Waals surface area contributed by atoms with E-state index in [1.807, 2.05) is 6.92 Å². The highest BCUT2D eigenvalue weighted by atomic mass is 19.1. The van der Waals surface area contributed by atoms with Gasteiger partial charge in [0, 0.05) is 24.2 Å². The predicted molar refractivity (Wildman–Crippen MR) is 58.6 cm³/mol. The van der Waals surface area contributed by atoms with Gasteiger partial charge in [-0.3, -0.25) is 4.79 Å². The van der Waals surface area contributed by atoms with Gasteiger partial charge in [0.1, 0.15) is 5.82 Å². The van der Waals surface area contributed by atoms with Crippen molar-refractivity contribution >= 4 is 11.6 Å². The Morgan fingerprint density at radius 1 is 1.56 bits per heavy atom. The highest BCUT2D eigenvalue weighted by Crippen LogP contribution is 2.37. The van der Waals surface area contributed by atoms with Crippen molar-refractivity contribution in [2.75, 3.05) is 4.90 Å². The fourth-order valence-electron chi connectivity index (χ4n) is 2.28. The van der Waals surface area contributed by atoms with Gasteiger partial charge < -0.3 is 10.0 Å². The van der Waals surface area contributed by atoms with E-state index in [0.717, 1.165) is 0 Å². The fourth-order valence-corrected chi connectivity index (χ4v) is 2.28. The average molecular weight is 223 g/mol. The van der Waals surface area contributed by atoms with Gasteiger partial charge in [-0.2, -0.15) is 0 Å². The van der Waals surface area contributed by atoms with Crippen LogP contribution in [0.25, 0.3) is 0 Å². The molecule has 0 saturated carbocycles. The normalized spacial score (nSPS) is 24.1. The van der Waals surface area contributed by atoms with Crippen molar-refractivity contribution in [3.8, 4) is 0 Å². The molecule has 1 aliphatic heterocycles. The zero-order chi connectivity index (χ0) is 11.9. The quantitative estimate of drug-likeness (QED) is 0.730. The molecular weight excluding hydrogens is 209 g/mol. The molecule has 3 nitrogen and oxygen atoms in total. The van der Waals surface area contributed by atoms with E-state index >= 15 is 0 Å². The third-order valence-corrected chi connectivity index (χ3v) is 2.95. The van der Waals surface area contributed by atoms with Crippen LogP contribution >= 0.6 is 0 Å². The summed E-state index contributed by atoms with van der Waals surface area (Å²) in [5.41, 5.74) is 1.11. The molecule has 86 valence electrons. The lowest BCUT2D eigenvalue weighted by Crippen LogP contribution is -2.42. The minimum absolute atomic E-state index is 0.0644. The molecule has 0 spiro atoms. The summed E-state index contributed by atoms with van der Waals surface area (Å²) >= 11 is 0. The Labute approximate surface area is 93.5 Å². The number of halogens is 1. The lowest BCUT2D eigenvalue weighted by atomic mass is 9.94. The molecule has 1 aromatic carbocycles. The van der Waals surface area contributed by atoms with Crippen LogP contribution in [0.4, 0.5) is 10.1 Å². The SMILES string of the molecule is CC(=O)N1c2ccc(F)cc2[C@@H](O)C[C@@H]1C. The molecular formula is C12H14FNO2. The first-order valence-electron chi connectivity index (χ1n) is 5.28. The van der Waals surface area contributed by atoms with Crippen LogP contribution < -0.4 is 4.90 Å². The summed E-state index contributed by atoms with van der Waals surface area (Å²) in [6.45, 7) is 3.35. The van der Waals surface area contributed by atoms with Crippen molar-refractivity contribution in [3.63, 3.8) is 0 Å². The van der Waals surface area contributed by atoms with E-state index in [9.17, 15) is 14.3 Å². The van der Waals surface area contributed by atoms with Crippen LogP contribution in [-0.4, -0.2) is 17.1 Å². The summed E-state index contributed by atoms with van der Waals surface area (Å²) in [6.07, 6.45) is -0.257. The zero-order valence-corrected chi connectivity index (χ0v) is 9.27. The fraction of sp³-hybridized carbons (Fsp3) is 0.417. The standard InChI is InChI=1S/C12H14FNO2/c1-7-5-12(16)10-6-9(13)3-4-11(10)14(7)8(2)15/h3-4,6-7,12,16H,5H2,1-2H3/t7-,12-/m0/s1. The van der Waals surface area contributed by atoms with Gasteiger partial charge in [0.05, 0.1) is 6.10 Å². The number of aliphatic hydroxyl groups is 1. The number of amides is 1. The van der Waals surface area contributed by atoms with Gasteiger partial charge in [0.25, 0.3) is 0 Å². The number of hydrogen-bond donors (Lipinski definition) is 1. The molecule has 16 heavy (non-hydrogen) atoms. The average Bonchev–Trinajstić information content (AvgIpc) is 2.18. The first-order valence-corrected chi connectivity index (χ1v) is 5.28. The van der Waals surface area contributed by atoms with Crippen LogP contribution in [0.3, 0.4) is 0 Å². The highest BCUT2D eigenvalue weighted by Gasteiger charge is 2.31. The number of carbonyl (C=O) groups excluding carboxylic acids is 1. The lowest BCUT2D eigenvalue weighted by molar-refractivity contribution is -0.117. The summed E-state index contributed by atoms with van der Waals surface area (Å²) in [7, 11) is 0. The first-order chi connectivity index (χ1) is 7.50. The summed E-state index contributed by atoms with van der Waals surface area (Å²) < 4.78 is 13.1. The van der Waals surface area contributed by atoms with Crippen LogP contribution in [0, 0.1) is 5.82 Å². The number of aliphatic hydroxyl groups excluding tert-OH is 1. The Kier molecular flexibility index (Phi) is 2.68.